The third-order valence-corrected chi connectivity index (χ3v) is 2.75. The summed E-state index contributed by atoms with van der Waals surface area (Å²) in [6, 6.07) is 3.65. The van der Waals surface area contributed by atoms with Gasteiger partial charge < -0.3 is 0 Å². The van der Waals surface area contributed by atoms with Crippen LogP contribution in [-0.4, -0.2) is 16.6 Å². The third kappa shape index (κ3) is 5.77. The van der Waals surface area contributed by atoms with E-state index in [1.807, 2.05) is 19.9 Å². The molecule has 0 unspecified atom stereocenters. The molecule has 0 aliphatic heterocycles. The van der Waals surface area contributed by atoms with Gasteiger partial charge in [0.15, 0.2) is 5.78 Å². The summed E-state index contributed by atoms with van der Waals surface area (Å²) in [4.78, 5) is 27.6. The zero-order valence-corrected chi connectivity index (χ0v) is 12.3. The molecule has 0 N–H and O–H groups in total. The number of rotatable bonds is 7. The smallest absolute Gasteiger partial charge is 0.188 e. The molecule has 0 aliphatic carbocycles. The van der Waals surface area contributed by atoms with Gasteiger partial charge in [-0.25, -0.2) is 0 Å². The molecule has 0 atom stereocenters. The molecule has 1 heterocycles. The number of aromatic nitrogens is 1. The van der Waals surface area contributed by atoms with Crippen LogP contribution in [0.2, 0.25) is 0 Å². The Labute approximate surface area is 115 Å². The Morgan fingerprint density at radius 1 is 1.11 bits per heavy atom. The highest BCUT2D eigenvalue weighted by molar-refractivity contribution is 6.06. The Morgan fingerprint density at radius 3 is 2.26 bits per heavy atom. The molecule has 1 aromatic heterocycles. The van der Waals surface area contributed by atoms with E-state index in [0.29, 0.717) is 24.0 Å². The lowest BCUT2D eigenvalue weighted by Crippen LogP contribution is -2.11. The van der Waals surface area contributed by atoms with Crippen LogP contribution in [0.1, 0.15) is 56.6 Å². The SMILES string of the molecule is CC(C)CC(=O)CC(=O)c1ccc(CC(C)C)cn1. The van der Waals surface area contributed by atoms with E-state index in [2.05, 4.69) is 18.8 Å². The lowest BCUT2D eigenvalue weighted by atomic mass is 10.0. The summed E-state index contributed by atoms with van der Waals surface area (Å²) >= 11 is 0. The van der Waals surface area contributed by atoms with Gasteiger partial charge in [-0.15, -0.1) is 0 Å². The standard InChI is InChI=1S/C16H23NO2/c1-11(2)7-13-5-6-15(17-10-13)16(19)9-14(18)8-12(3)4/h5-6,10-12H,7-9H2,1-4H3. The second-order valence-corrected chi connectivity index (χ2v) is 5.89. The van der Waals surface area contributed by atoms with Gasteiger partial charge in [-0.3, -0.25) is 14.6 Å². The third-order valence-electron chi connectivity index (χ3n) is 2.75. The predicted molar refractivity (Wildman–Crippen MR) is 76.2 cm³/mol. The van der Waals surface area contributed by atoms with Gasteiger partial charge in [-0.2, -0.15) is 0 Å². The second kappa shape index (κ2) is 7.17. The first-order chi connectivity index (χ1) is 8.88. The van der Waals surface area contributed by atoms with E-state index in [9.17, 15) is 9.59 Å². The van der Waals surface area contributed by atoms with Crippen LogP contribution in [0.3, 0.4) is 0 Å². The van der Waals surface area contributed by atoms with Gasteiger partial charge in [-0.1, -0.05) is 33.8 Å². The lowest BCUT2D eigenvalue weighted by molar-refractivity contribution is -0.118. The molecular weight excluding hydrogens is 238 g/mol. The molecule has 1 aromatic rings. The van der Waals surface area contributed by atoms with Crippen LogP contribution in [0, 0.1) is 11.8 Å². The first-order valence-electron chi connectivity index (χ1n) is 6.88. The van der Waals surface area contributed by atoms with Crippen LogP contribution in [0.25, 0.3) is 0 Å². The maximum absolute atomic E-state index is 11.9. The summed E-state index contributed by atoms with van der Waals surface area (Å²) in [6.45, 7) is 8.23. The van der Waals surface area contributed by atoms with Crippen LogP contribution >= 0.6 is 0 Å². The Balaban J connectivity index is 2.60. The van der Waals surface area contributed by atoms with E-state index in [-0.39, 0.29) is 18.0 Å². The van der Waals surface area contributed by atoms with Gasteiger partial charge in [0, 0.05) is 12.6 Å². The summed E-state index contributed by atoms with van der Waals surface area (Å²) in [5.74, 6) is 0.674. The Kier molecular flexibility index (Phi) is 5.87. The topological polar surface area (TPSA) is 47.0 Å². The molecule has 0 aliphatic rings. The lowest BCUT2D eigenvalue weighted by Gasteiger charge is -2.06. The second-order valence-electron chi connectivity index (χ2n) is 5.89. The maximum Gasteiger partial charge on any atom is 0.188 e. The van der Waals surface area contributed by atoms with Crippen molar-refractivity contribution in [2.24, 2.45) is 11.8 Å². The number of pyridine rings is 1. The minimum Gasteiger partial charge on any atom is -0.299 e. The average Bonchev–Trinajstić information content (AvgIpc) is 2.27. The average molecular weight is 261 g/mol. The summed E-state index contributed by atoms with van der Waals surface area (Å²) < 4.78 is 0. The van der Waals surface area contributed by atoms with Crippen LogP contribution < -0.4 is 0 Å². The minimum absolute atomic E-state index is 0.00643. The summed E-state index contributed by atoms with van der Waals surface area (Å²) in [6.07, 6.45) is 3.11. The molecule has 1 rings (SSSR count). The molecule has 0 spiro atoms. The van der Waals surface area contributed by atoms with E-state index < -0.39 is 0 Å². The number of carbonyl (C=O) groups excluding carboxylic acids is 2. The molecule has 0 radical (unpaired) electrons. The highest BCUT2D eigenvalue weighted by atomic mass is 16.1. The first kappa shape index (κ1) is 15.5. The fourth-order valence-corrected chi connectivity index (χ4v) is 1.98. The van der Waals surface area contributed by atoms with Crippen molar-refractivity contribution in [3.63, 3.8) is 0 Å². The predicted octanol–water partition coefficient (Wildman–Crippen LogP) is 3.47. The van der Waals surface area contributed by atoms with Gasteiger partial charge in [0.05, 0.1) is 6.42 Å². The van der Waals surface area contributed by atoms with E-state index >= 15 is 0 Å². The van der Waals surface area contributed by atoms with Crippen molar-refractivity contribution in [3.05, 3.63) is 29.6 Å². The Morgan fingerprint density at radius 2 is 1.79 bits per heavy atom. The van der Waals surface area contributed by atoms with Crippen molar-refractivity contribution in [2.75, 3.05) is 0 Å². The van der Waals surface area contributed by atoms with Crippen molar-refractivity contribution < 1.29 is 9.59 Å². The highest BCUT2D eigenvalue weighted by Gasteiger charge is 2.14. The highest BCUT2D eigenvalue weighted by Crippen LogP contribution is 2.10. The van der Waals surface area contributed by atoms with Gasteiger partial charge in [-0.05, 0) is 29.9 Å². The minimum atomic E-state index is -0.179. The molecule has 3 heteroatoms. The largest absolute Gasteiger partial charge is 0.299 e. The number of carbonyl (C=O) groups is 2. The molecule has 19 heavy (non-hydrogen) atoms. The van der Waals surface area contributed by atoms with E-state index in [1.165, 1.54) is 0 Å². The molecular formula is C16H23NO2. The molecule has 0 fully saturated rings. The van der Waals surface area contributed by atoms with Gasteiger partial charge >= 0.3 is 0 Å². The maximum atomic E-state index is 11.9. The van der Waals surface area contributed by atoms with Crippen LogP contribution in [0.4, 0.5) is 0 Å². The summed E-state index contributed by atoms with van der Waals surface area (Å²) in [5, 5.41) is 0. The number of ketones is 2. The molecule has 0 amide bonds. The summed E-state index contributed by atoms with van der Waals surface area (Å²) in [5.41, 5.74) is 1.52. The number of nitrogens with zero attached hydrogens (tertiary/aromatic N) is 1. The molecule has 0 aromatic carbocycles. The molecule has 3 nitrogen and oxygen atoms in total. The fourth-order valence-electron chi connectivity index (χ4n) is 1.98. The molecule has 0 bridgehead atoms. The number of Topliss-reactive ketones (excluding diaryl/α,β-unsaturated/α-hetero) is 2. The van der Waals surface area contributed by atoms with Gasteiger partial charge in [0.25, 0.3) is 0 Å². The van der Waals surface area contributed by atoms with Crippen molar-refractivity contribution in [3.8, 4) is 0 Å². The van der Waals surface area contributed by atoms with Crippen molar-refractivity contribution in [2.45, 2.75) is 47.0 Å². The fraction of sp³-hybridized carbons (Fsp3) is 0.562. The van der Waals surface area contributed by atoms with E-state index in [4.69, 9.17) is 0 Å². The van der Waals surface area contributed by atoms with E-state index in [1.54, 1.807) is 12.3 Å². The summed E-state index contributed by atoms with van der Waals surface area (Å²) in [7, 11) is 0. The monoisotopic (exact) mass is 261 g/mol. The molecule has 104 valence electrons. The number of hydrogen-bond acceptors (Lipinski definition) is 3. The quantitative estimate of drug-likeness (QED) is 0.557. The van der Waals surface area contributed by atoms with E-state index in [0.717, 1.165) is 12.0 Å². The zero-order chi connectivity index (χ0) is 14.4. The van der Waals surface area contributed by atoms with Crippen molar-refractivity contribution in [1.29, 1.82) is 0 Å². The van der Waals surface area contributed by atoms with Crippen LogP contribution in [-0.2, 0) is 11.2 Å². The molecule has 0 saturated heterocycles. The Bertz CT molecular complexity index is 433. The first-order valence-corrected chi connectivity index (χ1v) is 6.88. The van der Waals surface area contributed by atoms with Crippen LogP contribution in [0.15, 0.2) is 18.3 Å². The van der Waals surface area contributed by atoms with Crippen molar-refractivity contribution in [1.82, 2.24) is 4.98 Å². The Hall–Kier alpha value is -1.51. The van der Waals surface area contributed by atoms with Crippen LogP contribution in [0.5, 0.6) is 0 Å². The van der Waals surface area contributed by atoms with Crippen molar-refractivity contribution >= 4 is 11.6 Å². The zero-order valence-electron chi connectivity index (χ0n) is 12.3. The molecule has 0 saturated carbocycles. The van der Waals surface area contributed by atoms with Gasteiger partial charge in [0.1, 0.15) is 11.5 Å². The normalized spacial score (nSPS) is 11.1. The van der Waals surface area contributed by atoms with Gasteiger partial charge in [0.2, 0.25) is 0 Å². The number of hydrogen-bond donors (Lipinski definition) is 0.